The summed E-state index contributed by atoms with van der Waals surface area (Å²) >= 11 is 6.56. The first kappa shape index (κ1) is 20.0. The van der Waals surface area contributed by atoms with Crippen LogP contribution in [0.1, 0.15) is 29.9 Å². The van der Waals surface area contributed by atoms with Crippen LogP contribution in [-0.2, 0) is 6.18 Å². The van der Waals surface area contributed by atoms with Crippen LogP contribution in [0, 0.1) is 0 Å². The highest BCUT2D eigenvalue weighted by Crippen LogP contribution is 2.40. The Morgan fingerprint density at radius 3 is 2.42 bits per heavy atom. The summed E-state index contributed by atoms with van der Waals surface area (Å²) in [5.74, 6) is 1.14. The van der Waals surface area contributed by atoms with Crippen molar-refractivity contribution in [1.82, 2.24) is 9.38 Å². The molecule has 160 valence electrons. The van der Waals surface area contributed by atoms with Gasteiger partial charge in [0.15, 0.2) is 16.6 Å². The van der Waals surface area contributed by atoms with E-state index in [4.69, 9.17) is 16.0 Å². The molecule has 0 saturated carbocycles. The first-order valence-corrected chi connectivity index (χ1v) is 10.4. The van der Waals surface area contributed by atoms with Crippen molar-refractivity contribution in [2.24, 2.45) is 0 Å². The van der Waals surface area contributed by atoms with Crippen LogP contribution in [0.5, 0.6) is 0 Å². The summed E-state index contributed by atoms with van der Waals surface area (Å²) in [6.45, 7) is 1.35. The molecule has 0 N–H and O–H groups in total. The zero-order chi connectivity index (χ0) is 21.6. The second-order valence-electron chi connectivity index (χ2n) is 7.71. The lowest BCUT2D eigenvalue weighted by molar-refractivity contribution is -0.136. The molecule has 0 aliphatic carbocycles. The third-order valence-electron chi connectivity index (χ3n) is 5.82. The summed E-state index contributed by atoms with van der Waals surface area (Å²) < 4.78 is 48.1. The molecule has 1 aliphatic heterocycles. The van der Waals surface area contributed by atoms with Gasteiger partial charge in [0.05, 0.1) is 11.8 Å². The van der Waals surface area contributed by atoms with E-state index in [9.17, 15) is 13.2 Å². The highest BCUT2D eigenvalue weighted by atomic mass is 35.5. The van der Waals surface area contributed by atoms with E-state index in [-0.39, 0.29) is 10.8 Å². The fourth-order valence-corrected chi connectivity index (χ4v) is 4.53. The minimum absolute atomic E-state index is 0.173. The van der Waals surface area contributed by atoms with Crippen molar-refractivity contribution < 1.29 is 17.6 Å². The normalized spacial score (nSPS) is 15.7. The van der Waals surface area contributed by atoms with Gasteiger partial charge in [-0.15, -0.1) is 0 Å². The fourth-order valence-electron chi connectivity index (χ4n) is 4.24. The second kappa shape index (κ2) is 7.64. The molecular weight excluding hydrogens is 427 g/mol. The number of aromatic nitrogens is 2. The number of furan rings is 1. The molecule has 1 saturated heterocycles. The molecule has 5 rings (SSSR count). The minimum Gasteiger partial charge on any atom is -0.464 e. The molecule has 4 aromatic rings. The number of pyridine rings is 1. The average Bonchev–Trinajstić information content (AvgIpc) is 3.42. The number of benzene rings is 1. The van der Waals surface area contributed by atoms with Gasteiger partial charge in [0.25, 0.3) is 0 Å². The molecule has 0 atom stereocenters. The number of fused-ring (bicyclic) bond motifs is 1. The predicted octanol–water partition coefficient (Wildman–Crippen LogP) is 6.65. The number of piperidine rings is 1. The van der Waals surface area contributed by atoms with Crippen LogP contribution in [-0.4, -0.2) is 22.5 Å². The molecule has 1 aromatic carbocycles. The molecule has 0 amide bonds. The highest BCUT2D eigenvalue weighted by Gasteiger charge is 2.36. The first-order chi connectivity index (χ1) is 14.9. The maximum Gasteiger partial charge on any atom is 0.420 e. The third-order valence-corrected chi connectivity index (χ3v) is 6.17. The number of anilines is 1. The number of imidazole rings is 1. The number of hydrogen-bond donors (Lipinski definition) is 0. The van der Waals surface area contributed by atoms with Gasteiger partial charge in [-0.2, -0.15) is 13.2 Å². The topological polar surface area (TPSA) is 33.7 Å². The Labute approximate surface area is 181 Å². The van der Waals surface area contributed by atoms with E-state index in [2.05, 4.69) is 17.1 Å². The van der Waals surface area contributed by atoms with E-state index in [1.807, 2.05) is 23.1 Å². The average molecular weight is 446 g/mol. The van der Waals surface area contributed by atoms with E-state index in [1.54, 1.807) is 18.3 Å². The van der Waals surface area contributed by atoms with Crippen LogP contribution in [0.15, 0.2) is 65.4 Å². The van der Waals surface area contributed by atoms with Gasteiger partial charge in [-0.25, -0.2) is 4.98 Å². The van der Waals surface area contributed by atoms with E-state index in [1.165, 1.54) is 16.2 Å². The van der Waals surface area contributed by atoms with E-state index >= 15 is 0 Å². The van der Waals surface area contributed by atoms with Crippen LogP contribution in [0.3, 0.4) is 0 Å². The number of alkyl halides is 3. The van der Waals surface area contributed by atoms with Crippen molar-refractivity contribution in [2.45, 2.75) is 24.9 Å². The predicted molar refractivity (Wildman–Crippen MR) is 114 cm³/mol. The largest absolute Gasteiger partial charge is 0.464 e. The monoisotopic (exact) mass is 445 g/mol. The van der Waals surface area contributed by atoms with Crippen LogP contribution in [0.4, 0.5) is 19.0 Å². The number of halogens is 4. The Morgan fingerprint density at radius 2 is 1.77 bits per heavy atom. The Hall–Kier alpha value is -2.93. The van der Waals surface area contributed by atoms with Crippen LogP contribution in [0.2, 0.25) is 5.15 Å². The van der Waals surface area contributed by atoms with E-state index in [0.717, 1.165) is 18.9 Å². The minimum atomic E-state index is -4.57. The number of rotatable bonds is 3. The zero-order valence-corrected chi connectivity index (χ0v) is 17.2. The summed E-state index contributed by atoms with van der Waals surface area (Å²) in [5, 5.41) is 0.173. The van der Waals surface area contributed by atoms with E-state index < -0.39 is 11.7 Å². The lowest BCUT2D eigenvalue weighted by atomic mass is 9.89. The van der Waals surface area contributed by atoms with Crippen molar-refractivity contribution in [2.75, 3.05) is 18.0 Å². The van der Waals surface area contributed by atoms with Gasteiger partial charge in [0.2, 0.25) is 0 Å². The molecule has 4 heterocycles. The van der Waals surface area contributed by atoms with Gasteiger partial charge in [-0.1, -0.05) is 41.9 Å². The lowest BCUT2D eigenvalue weighted by Gasteiger charge is -2.32. The highest BCUT2D eigenvalue weighted by molar-refractivity contribution is 6.32. The summed E-state index contributed by atoms with van der Waals surface area (Å²) in [5.41, 5.74) is 0.533. The Bertz CT molecular complexity index is 1190. The van der Waals surface area contributed by atoms with Gasteiger partial charge in [-0.05, 0) is 42.5 Å². The molecule has 1 fully saturated rings. The Kier molecular flexibility index (Phi) is 4.93. The van der Waals surface area contributed by atoms with Crippen molar-refractivity contribution in [3.05, 3.63) is 77.3 Å². The van der Waals surface area contributed by atoms with Gasteiger partial charge in [0.1, 0.15) is 5.76 Å². The molecule has 0 unspecified atom stereocenters. The quantitative estimate of drug-likeness (QED) is 0.354. The van der Waals surface area contributed by atoms with Crippen molar-refractivity contribution in [1.29, 1.82) is 0 Å². The molecule has 0 radical (unpaired) electrons. The molecule has 0 bridgehead atoms. The van der Waals surface area contributed by atoms with Crippen LogP contribution in [0.25, 0.3) is 17.0 Å². The Balaban J connectivity index is 1.51. The maximum absolute atomic E-state index is 13.8. The van der Waals surface area contributed by atoms with E-state index in [0.29, 0.717) is 36.1 Å². The van der Waals surface area contributed by atoms with Gasteiger partial charge < -0.3 is 9.32 Å². The van der Waals surface area contributed by atoms with Gasteiger partial charge in [0, 0.05) is 24.8 Å². The summed E-state index contributed by atoms with van der Waals surface area (Å²) in [6.07, 6.45) is 0.162. The standard InChI is InChI=1S/C23H19ClF3N3O/c24-20-22(29-10-8-16(9-11-29)15-5-2-1-3-6-15)28-21-18(23(25,26)27)13-17(14-30(20)21)19-7-4-12-31-19/h1-7,12-14,16H,8-11H2. The molecular formula is C23H19ClF3N3O. The molecule has 8 heteroatoms. The third kappa shape index (κ3) is 3.67. The Morgan fingerprint density at radius 1 is 1.03 bits per heavy atom. The molecule has 1 aliphatic rings. The zero-order valence-electron chi connectivity index (χ0n) is 16.4. The summed E-state index contributed by atoms with van der Waals surface area (Å²) in [6, 6.07) is 14.6. The second-order valence-corrected chi connectivity index (χ2v) is 8.07. The SMILES string of the molecule is FC(F)(F)c1cc(-c2ccco2)cn2c(Cl)c(N3CCC(c4ccccc4)CC3)nc12. The molecule has 4 nitrogen and oxygen atoms in total. The summed E-state index contributed by atoms with van der Waals surface area (Å²) in [4.78, 5) is 6.30. The maximum atomic E-state index is 13.8. The molecule has 3 aromatic heterocycles. The number of nitrogens with zero attached hydrogens (tertiary/aromatic N) is 3. The van der Waals surface area contributed by atoms with Crippen LogP contribution < -0.4 is 4.90 Å². The van der Waals surface area contributed by atoms with Gasteiger partial charge in [-0.3, -0.25) is 4.40 Å². The van der Waals surface area contributed by atoms with Gasteiger partial charge >= 0.3 is 6.18 Å². The van der Waals surface area contributed by atoms with Crippen LogP contribution >= 0.6 is 11.6 Å². The van der Waals surface area contributed by atoms with Crippen molar-refractivity contribution in [3.8, 4) is 11.3 Å². The molecule has 31 heavy (non-hydrogen) atoms. The number of hydrogen-bond acceptors (Lipinski definition) is 3. The van der Waals surface area contributed by atoms with Crippen molar-refractivity contribution in [3.63, 3.8) is 0 Å². The fraction of sp³-hybridized carbons (Fsp3) is 0.261. The smallest absolute Gasteiger partial charge is 0.420 e. The summed E-state index contributed by atoms with van der Waals surface area (Å²) in [7, 11) is 0. The first-order valence-electron chi connectivity index (χ1n) is 10.0. The molecule has 0 spiro atoms. The van der Waals surface area contributed by atoms with Crippen molar-refractivity contribution >= 4 is 23.1 Å². The lowest BCUT2D eigenvalue weighted by Crippen LogP contribution is -2.33.